The maximum absolute atomic E-state index is 7.00. The van der Waals surface area contributed by atoms with E-state index in [0.717, 1.165) is 13.7 Å². The third-order valence-electron chi connectivity index (χ3n) is 2.78. The summed E-state index contributed by atoms with van der Waals surface area (Å²) in [6, 6.07) is 0. The minimum absolute atomic E-state index is 0.653. The first-order valence-electron chi connectivity index (χ1n) is 7.65. The van der Waals surface area contributed by atoms with Crippen molar-refractivity contribution in [2.45, 2.75) is 70.8 Å². The van der Waals surface area contributed by atoms with E-state index in [4.69, 9.17) is 15.7 Å². The number of aliphatic hydroxyl groups is 1. The zero-order valence-corrected chi connectivity index (χ0v) is 13.5. The fourth-order valence-corrected chi connectivity index (χ4v) is 1.74. The number of hydrogen-bond acceptors (Lipinski definition) is 4. The van der Waals surface area contributed by atoms with Crippen LogP contribution in [0.5, 0.6) is 0 Å². The first kappa shape index (κ1) is 21.1. The molecule has 19 heavy (non-hydrogen) atoms. The van der Waals surface area contributed by atoms with Gasteiger partial charge in [0.2, 0.25) is 0 Å². The third-order valence-corrected chi connectivity index (χ3v) is 2.78. The molecule has 4 heteroatoms. The summed E-state index contributed by atoms with van der Waals surface area (Å²) >= 11 is 0. The molecule has 0 saturated carbocycles. The van der Waals surface area contributed by atoms with E-state index in [2.05, 4.69) is 6.92 Å². The molecular weight excluding hydrogens is 240 g/mol. The number of hydrazine groups is 1. The van der Waals surface area contributed by atoms with Crippen LogP contribution < -0.4 is 5.84 Å². The Balaban J connectivity index is 0. The van der Waals surface area contributed by atoms with Gasteiger partial charge in [-0.15, -0.1) is 0 Å². The van der Waals surface area contributed by atoms with Gasteiger partial charge in [0.1, 0.15) is 0 Å². The Morgan fingerprint density at radius 2 is 1.37 bits per heavy atom. The van der Waals surface area contributed by atoms with Gasteiger partial charge < -0.3 is 9.84 Å². The topological polar surface area (TPSA) is 62.0 Å². The van der Waals surface area contributed by atoms with Gasteiger partial charge in [0.05, 0.1) is 12.7 Å². The fourth-order valence-electron chi connectivity index (χ4n) is 1.74. The number of epoxide rings is 1. The highest BCUT2D eigenvalue weighted by molar-refractivity contribution is 4.68. The van der Waals surface area contributed by atoms with Crippen LogP contribution in [0.25, 0.3) is 0 Å². The average Bonchev–Trinajstić information content (AvgIpc) is 3.18. The molecule has 118 valence electrons. The Hall–Kier alpha value is -0.160. The summed E-state index contributed by atoms with van der Waals surface area (Å²) in [4.78, 5) is 0. The van der Waals surface area contributed by atoms with Crippen molar-refractivity contribution in [2.75, 3.05) is 27.8 Å². The average molecular weight is 276 g/mol. The van der Waals surface area contributed by atoms with Crippen LogP contribution in [-0.2, 0) is 4.74 Å². The molecule has 0 amide bonds. The van der Waals surface area contributed by atoms with Crippen LogP contribution in [0, 0.1) is 0 Å². The van der Waals surface area contributed by atoms with E-state index < -0.39 is 0 Å². The summed E-state index contributed by atoms with van der Waals surface area (Å²) in [6.45, 7) is 3.31. The van der Waals surface area contributed by atoms with Crippen molar-refractivity contribution >= 4 is 0 Å². The van der Waals surface area contributed by atoms with Gasteiger partial charge in [-0.1, -0.05) is 58.3 Å². The van der Waals surface area contributed by atoms with Gasteiger partial charge in [0, 0.05) is 21.2 Å². The zero-order valence-electron chi connectivity index (χ0n) is 13.5. The quantitative estimate of drug-likeness (QED) is 0.294. The number of hydrogen-bond donors (Lipinski definition) is 2. The molecule has 1 heterocycles. The van der Waals surface area contributed by atoms with Crippen LogP contribution in [0.2, 0.25) is 0 Å². The van der Waals surface area contributed by atoms with E-state index in [9.17, 15) is 0 Å². The van der Waals surface area contributed by atoms with E-state index in [0.29, 0.717) is 6.10 Å². The van der Waals surface area contributed by atoms with E-state index in [1.54, 1.807) is 14.1 Å². The maximum Gasteiger partial charge on any atom is 0.0810 e. The van der Waals surface area contributed by atoms with Gasteiger partial charge in [0.15, 0.2) is 0 Å². The van der Waals surface area contributed by atoms with E-state index in [1.165, 1.54) is 62.8 Å². The lowest BCUT2D eigenvalue weighted by atomic mass is 10.1. The van der Waals surface area contributed by atoms with Gasteiger partial charge >= 0.3 is 0 Å². The van der Waals surface area contributed by atoms with Crippen molar-refractivity contribution < 1.29 is 9.84 Å². The highest BCUT2D eigenvalue weighted by atomic mass is 16.6. The molecule has 1 fully saturated rings. The van der Waals surface area contributed by atoms with Crippen molar-refractivity contribution in [1.29, 1.82) is 0 Å². The van der Waals surface area contributed by atoms with E-state index in [-0.39, 0.29) is 0 Å². The predicted octanol–water partition coefficient (Wildman–Crippen LogP) is 2.95. The van der Waals surface area contributed by atoms with Crippen molar-refractivity contribution in [2.24, 2.45) is 5.84 Å². The molecule has 0 radical (unpaired) electrons. The fraction of sp³-hybridized carbons (Fsp3) is 1.00. The number of ether oxygens (including phenoxy) is 1. The molecule has 1 rings (SSSR count). The zero-order chi connectivity index (χ0) is 14.9. The van der Waals surface area contributed by atoms with Crippen LogP contribution in [0.1, 0.15) is 64.7 Å². The summed E-state index contributed by atoms with van der Waals surface area (Å²) < 4.78 is 5.17. The highest BCUT2D eigenvalue weighted by Crippen LogP contribution is 2.18. The molecule has 0 aromatic rings. The largest absolute Gasteiger partial charge is 0.400 e. The Kier molecular flexibility index (Phi) is 19.9. The maximum atomic E-state index is 7.00. The SMILES string of the molecule is CCCCCCCCCCC1CO1.CN(C)N.CO. The number of unbranched alkanes of at least 4 members (excludes halogenated alkanes) is 7. The summed E-state index contributed by atoms with van der Waals surface area (Å²) in [6.07, 6.45) is 13.4. The summed E-state index contributed by atoms with van der Waals surface area (Å²) in [5.41, 5.74) is 0. The molecule has 0 aromatic heterocycles. The minimum atomic E-state index is 0.653. The normalized spacial score (nSPS) is 16.3. The first-order valence-corrected chi connectivity index (χ1v) is 7.65. The number of nitrogens with two attached hydrogens (primary N) is 1. The van der Waals surface area contributed by atoms with Crippen LogP contribution >= 0.6 is 0 Å². The first-order chi connectivity index (χ1) is 9.16. The van der Waals surface area contributed by atoms with Gasteiger partial charge in [-0.25, -0.2) is 0 Å². The van der Waals surface area contributed by atoms with Gasteiger partial charge in [0.25, 0.3) is 0 Å². The van der Waals surface area contributed by atoms with Crippen LogP contribution in [0.3, 0.4) is 0 Å². The molecule has 1 saturated heterocycles. The van der Waals surface area contributed by atoms with E-state index in [1.807, 2.05) is 0 Å². The number of nitrogens with zero attached hydrogens (tertiary/aromatic N) is 1. The summed E-state index contributed by atoms with van der Waals surface area (Å²) in [5.74, 6) is 4.94. The minimum Gasteiger partial charge on any atom is -0.400 e. The monoisotopic (exact) mass is 276 g/mol. The smallest absolute Gasteiger partial charge is 0.0810 e. The molecule has 1 atom stereocenters. The number of rotatable bonds is 9. The standard InChI is InChI=1S/C12H24O.C2H8N2.CH4O/c1-2-3-4-5-6-7-8-9-10-12-11-13-12;1-4(2)3;1-2/h12H,2-11H2,1H3;3H2,1-2H3;2H,1H3. The van der Waals surface area contributed by atoms with Crippen molar-refractivity contribution in [3.8, 4) is 0 Å². The van der Waals surface area contributed by atoms with E-state index >= 15 is 0 Å². The molecule has 0 spiro atoms. The van der Waals surface area contributed by atoms with Gasteiger partial charge in [-0.05, 0) is 6.42 Å². The molecule has 1 unspecified atom stereocenters. The van der Waals surface area contributed by atoms with Crippen LogP contribution in [0.4, 0.5) is 0 Å². The summed E-state index contributed by atoms with van der Waals surface area (Å²) in [7, 11) is 4.56. The van der Waals surface area contributed by atoms with Gasteiger partial charge in [-0.3, -0.25) is 10.9 Å². The van der Waals surface area contributed by atoms with Crippen LogP contribution in [-0.4, -0.2) is 44.0 Å². The van der Waals surface area contributed by atoms with Crippen molar-refractivity contribution in [3.05, 3.63) is 0 Å². The molecule has 0 aromatic carbocycles. The molecule has 4 nitrogen and oxygen atoms in total. The second-order valence-electron chi connectivity index (χ2n) is 5.18. The van der Waals surface area contributed by atoms with Crippen molar-refractivity contribution in [3.63, 3.8) is 0 Å². The van der Waals surface area contributed by atoms with Crippen molar-refractivity contribution in [1.82, 2.24) is 5.01 Å². The summed E-state index contributed by atoms with van der Waals surface area (Å²) in [5, 5.41) is 8.50. The Morgan fingerprint density at radius 1 is 1.00 bits per heavy atom. The molecule has 3 N–H and O–H groups in total. The molecule has 0 aliphatic carbocycles. The lowest BCUT2D eigenvalue weighted by molar-refractivity contribution is 0.387. The molecule has 1 aliphatic rings. The Morgan fingerprint density at radius 3 is 1.74 bits per heavy atom. The molecule has 0 bridgehead atoms. The second-order valence-corrected chi connectivity index (χ2v) is 5.18. The third kappa shape index (κ3) is 27.2. The lowest BCUT2D eigenvalue weighted by Gasteiger charge is -1.99. The lowest BCUT2D eigenvalue weighted by Crippen LogP contribution is -2.18. The molecule has 1 aliphatic heterocycles. The Labute approximate surface area is 120 Å². The van der Waals surface area contributed by atoms with Crippen LogP contribution in [0.15, 0.2) is 0 Å². The van der Waals surface area contributed by atoms with Gasteiger partial charge in [-0.2, -0.15) is 0 Å². The predicted molar refractivity (Wildman–Crippen MR) is 83.0 cm³/mol. The number of aliphatic hydroxyl groups excluding tert-OH is 1. The highest BCUT2D eigenvalue weighted by Gasteiger charge is 2.20. The second kappa shape index (κ2) is 17.8. The molecular formula is C15H36N2O2. The Bertz CT molecular complexity index is 148.